The molecule has 0 bridgehead atoms. The maximum atomic E-state index is 12.2. The zero-order chi connectivity index (χ0) is 19.4. The van der Waals surface area contributed by atoms with E-state index in [9.17, 15) is 13.2 Å². The molecule has 2 saturated heterocycles. The van der Waals surface area contributed by atoms with Crippen LogP contribution in [0.3, 0.4) is 0 Å². The molecule has 0 aromatic heterocycles. The van der Waals surface area contributed by atoms with E-state index in [2.05, 4.69) is 10.2 Å². The summed E-state index contributed by atoms with van der Waals surface area (Å²) in [6.45, 7) is 3.19. The van der Waals surface area contributed by atoms with Crippen LogP contribution in [0.15, 0.2) is 29.2 Å². The van der Waals surface area contributed by atoms with E-state index in [1.807, 2.05) is 12.1 Å². The van der Waals surface area contributed by atoms with Gasteiger partial charge in [0.1, 0.15) is 6.10 Å². The number of ether oxygens (including phenoxy) is 1. The number of rotatable bonds is 6. The Labute approximate surface area is 161 Å². The molecular formula is C19H29N3O4S. The summed E-state index contributed by atoms with van der Waals surface area (Å²) in [6.07, 6.45) is 3.53. The average Bonchev–Trinajstić information content (AvgIpc) is 3.21. The average molecular weight is 396 g/mol. The van der Waals surface area contributed by atoms with Crippen LogP contribution in [-0.4, -0.2) is 65.1 Å². The number of piperidine rings is 1. The summed E-state index contributed by atoms with van der Waals surface area (Å²) in [5.74, 6) is 0.493. The van der Waals surface area contributed by atoms with Gasteiger partial charge in [-0.15, -0.1) is 0 Å². The van der Waals surface area contributed by atoms with Gasteiger partial charge in [-0.1, -0.05) is 0 Å². The molecule has 7 nitrogen and oxygen atoms in total. The molecule has 27 heavy (non-hydrogen) atoms. The van der Waals surface area contributed by atoms with Gasteiger partial charge in [-0.05, 0) is 55.9 Å². The van der Waals surface area contributed by atoms with Gasteiger partial charge in [-0.2, -0.15) is 0 Å². The van der Waals surface area contributed by atoms with Crippen molar-refractivity contribution in [3.05, 3.63) is 24.3 Å². The number of hydrogen-bond donors (Lipinski definition) is 1. The molecule has 1 aromatic rings. The fourth-order valence-electron chi connectivity index (χ4n) is 3.58. The van der Waals surface area contributed by atoms with E-state index < -0.39 is 10.0 Å². The van der Waals surface area contributed by atoms with Crippen LogP contribution in [-0.2, 0) is 19.6 Å². The molecule has 2 aliphatic rings. The smallest absolute Gasteiger partial charge is 0.249 e. The first-order valence-electron chi connectivity index (χ1n) is 9.55. The summed E-state index contributed by atoms with van der Waals surface area (Å²) in [7, 11) is -0.325. The molecule has 2 fully saturated rings. The van der Waals surface area contributed by atoms with Gasteiger partial charge in [0, 0.05) is 46.0 Å². The predicted molar refractivity (Wildman–Crippen MR) is 104 cm³/mol. The normalized spacial score (nSPS) is 21.6. The van der Waals surface area contributed by atoms with Crippen LogP contribution in [0.4, 0.5) is 5.69 Å². The van der Waals surface area contributed by atoms with Gasteiger partial charge in [0.05, 0.1) is 4.90 Å². The van der Waals surface area contributed by atoms with Crippen molar-refractivity contribution in [2.45, 2.75) is 36.7 Å². The number of benzene rings is 1. The number of sulfonamides is 1. The van der Waals surface area contributed by atoms with Crippen LogP contribution in [0.1, 0.15) is 25.7 Å². The van der Waals surface area contributed by atoms with Gasteiger partial charge in [-0.3, -0.25) is 4.79 Å². The Morgan fingerprint density at radius 1 is 1.19 bits per heavy atom. The van der Waals surface area contributed by atoms with Crippen LogP contribution in [0, 0.1) is 5.92 Å². The summed E-state index contributed by atoms with van der Waals surface area (Å²) in [5.41, 5.74) is 1.04. The molecule has 3 rings (SSSR count). The van der Waals surface area contributed by atoms with Gasteiger partial charge in [0.25, 0.3) is 0 Å². The van der Waals surface area contributed by atoms with E-state index in [1.54, 1.807) is 12.1 Å². The van der Waals surface area contributed by atoms with Crippen LogP contribution in [0.5, 0.6) is 0 Å². The fraction of sp³-hybridized carbons (Fsp3) is 0.632. The van der Waals surface area contributed by atoms with Crippen LogP contribution in [0.25, 0.3) is 0 Å². The molecule has 1 aromatic carbocycles. The summed E-state index contributed by atoms with van der Waals surface area (Å²) in [6, 6.07) is 7.07. The van der Waals surface area contributed by atoms with Crippen molar-refractivity contribution < 1.29 is 17.9 Å². The summed E-state index contributed by atoms with van der Waals surface area (Å²) in [4.78, 5) is 14.6. The molecule has 0 radical (unpaired) electrons. The van der Waals surface area contributed by atoms with Crippen molar-refractivity contribution in [3.8, 4) is 0 Å². The Morgan fingerprint density at radius 2 is 1.85 bits per heavy atom. The first-order chi connectivity index (χ1) is 12.9. The highest BCUT2D eigenvalue weighted by atomic mass is 32.2. The number of nitrogens with zero attached hydrogens (tertiary/aromatic N) is 2. The first-order valence-corrected chi connectivity index (χ1v) is 11.0. The third-order valence-corrected chi connectivity index (χ3v) is 7.21. The van der Waals surface area contributed by atoms with E-state index in [0.717, 1.165) is 44.5 Å². The summed E-state index contributed by atoms with van der Waals surface area (Å²) >= 11 is 0. The fourth-order valence-corrected chi connectivity index (χ4v) is 4.48. The molecule has 150 valence electrons. The standard InChI is InChI=1S/C19H29N3O4S/c1-21(2)27(24,25)17-7-5-16(6-8-17)22-11-9-15(10-12-22)14-20-19(23)18-4-3-13-26-18/h5-8,15,18H,3-4,9-14H2,1-2H3,(H,20,23). The molecule has 0 saturated carbocycles. The molecule has 1 N–H and O–H groups in total. The lowest BCUT2D eigenvalue weighted by Crippen LogP contribution is -2.41. The van der Waals surface area contributed by atoms with Gasteiger partial charge in [0.2, 0.25) is 15.9 Å². The highest BCUT2D eigenvalue weighted by molar-refractivity contribution is 7.89. The molecule has 0 spiro atoms. The quantitative estimate of drug-likeness (QED) is 0.789. The van der Waals surface area contributed by atoms with Gasteiger partial charge in [-0.25, -0.2) is 12.7 Å². The Kier molecular flexibility index (Phi) is 6.39. The number of carbonyl (C=O) groups is 1. The number of carbonyl (C=O) groups excluding carboxylic acids is 1. The van der Waals surface area contributed by atoms with Crippen molar-refractivity contribution in [3.63, 3.8) is 0 Å². The Bertz CT molecular complexity index is 735. The van der Waals surface area contributed by atoms with E-state index in [0.29, 0.717) is 24.0 Å². The molecule has 2 heterocycles. The lowest BCUT2D eigenvalue weighted by Gasteiger charge is -2.34. The van der Waals surface area contributed by atoms with Gasteiger partial charge < -0.3 is 15.0 Å². The molecule has 8 heteroatoms. The van der Waals surface area contributed by atoms with Gasteiger partial charge >= 0.3 is 0 Å². The lowest BCUT2D eigenvalue weighted by atomic mass is 9.96. The zero-order valence-corrected chi connectivity index (χ0v) is 16.9. The minimum atomic E-state index is -3.39. The number of anilines is 1. The molecule has 0 aliphatic carbocycles. The summed E-state index contributed by atoms with van der Waals surface area (Å²) in [5, 5.41) is 3.03. The number of hydrogen-bond acceptors (Lipinski definition) is 5. The second-order valence-electron chi connectivity index (χ2n) is 7.46. The van der Waals surface area contributed by atoms with Crippen LogP contribution in [0.2, 0.25) is 0 Å². The van der Waals surface area contributed by atoms with E-state index >= 15 is 0 Å². The van der Waals surface area contributed by atoms with Crippen molar-refractivity contribution >= 4 is 21.6 Å². The van der Waals surface area contributed by atoms with Crippen LogP contribution >= 0.6 is 0 Å². The van der Waals surface area contributed by atoms with Crippen molar-refractivity contribution in [1.82, 2.24) is 9.62 Å². The van der Waals surface area contributed by atoms with Crippen molar-refractivity contribution in [2.75, 3.05) is 45.2 Å². The highest BCUT2D eigenvalue weighted by Crippen LogP contribution is 2.25. The predicted octanol–water partition coefficient (Wildman–Crippen LogP) is 1.45. The summed E-state index contributed by atoms with van der Waals surface area (Å²) < 4.78 is 30.9. The monoisotopic (exact) mass is 395 g/mol. The second-order valence-corrected chi connectivity index (χ2v) is 9.61. The zero-order valence-electron chi connectivity index (χ0n) is 16.1. The van der Waals surface area contributed by atoms with E-state index in [4.69, 9.17) is 4.74 Å². The maximum absolute atomic E-state index is 12.2. The Morgan fingerprint density at radius 3 is 2.41 bits per heavy atom. The van der Waals surface area contributed by atoms with E-state index in [1.165, 1.54) is 18.4 Å². The van der Waals surface area contributed by atoms with E-state index in [-0.39, 0.29) is 12.0 Å². The molecule has 2 aliphatic heterocycles. The maximum Gasteiger partial charge on any atom is 0.249 e. The minimum absolute atomic E-state index is 0.0209. The van der Waals surface area contributed by atoms with Gasteiger partial charge in [0.15, 0.2) is 0 Å². The Balaban J connectivity index is 1.48. The molecule has 1 amide bonds. The van der Waals surface area contributed by atoms with Crippen molar-refractivity contribution in [1.29, 1.82) is 0 Å². The van der Waals surface area contributed by atoms with Crippen molar-refractivity contribution in [2.24, 2.45) is 5.92 Å². The lowest BCUT2D eigenvalue weighted by molar-refractivity contribution is -0.130. The molecular weight excluding hydrogens is 366 g/mol. The largest absolute Gasteiger partial charge is 0.372 e. The molecule has 1 unspecified atom stereocenters. The number of amides is 1. The topological polar surface area (TPSA) is 79.0 Å². The van der Waals surface area contributed by atoms with Crippen LogP contribution < -0.4 is 10.2 Å². The third-order valence-electron chi connectivity index (χ3n) is 5.38. The SMILES string of the molecule is CN(C)S(=O)(=O)c1ccc(N2CCC(CNC(=O)C3CCCO3)CC2)cc1. The number of nitrogens with one attached hydrogen (secondary N) is 1. The minimum Gasteiger partial charge on any atom is -0.372 e. The first kappa shape index (κ1) is 20.1. The Hall–Kier alpha value is -1.64. The highest BCUT2D eigenvalue weighted by Gasteiger charge is 2.25. The third kappa shape index (κ3) is 4.80. The molecule has 1 atom stereocenters. The second kappa shape index (κ2) is 8.58.